The molecule has 2 heterocycles. The van der Waals surface area contributed by atoms with Crippen molar-refractivity contribution in [3.8, 4) is 17.0 Å². The zero-order chi connectivity index (χ0) is 17.2. The zero-order valence-electron chi connectivity index (χ0n) is 13.4. The van der Waals surface area contributed by atoms with Crippen molar-refractivity contribution in [1.82, 2.24) is 20.4 Å². The Balaban J connectivity index is 1.57. The van der Waals surface area contributed by atoms with Crippen molar-refractivity contribution in [2.75, 3.05) is 12.4 Å². The summed E-state index contributed by atoms with van der Waals surface area (Å²) in [6.07, 6.45) is 1.73. The van der Waals surface area contributed by atoms with Gasteiger partial charge in [-0.15, -0.1) is 0 Å². The van der Waals surface area contributed by atoms with Crippen LogP contribution in [0.1, 0.15) is 10.5 Å². The molecule has 0 fully saturated rings. The van der Waals surface area contributed by atoms with Gasteiger partial charge in [0.25, 0.3) is 5.91 Å². The summed E-state index contributed by atoms with van der Waals surface area (Å²) in [7, 11) is 1.60. The summed E-state index contributed by atoms with van der Waals surface area (Å²) < 4.78 is 5.33. The number of nitrogens with zero attached hydrogens (tertiary/aromatic N) is 2. The van der Waals surface area contributed by atoms with Gasteiger partial charge in [0, 0.05) is 16.6 Å². The third kappa shape index (κ3) is 2.83. The standard InChI is InChI=1S/C18H15N5O2/c1-25-17-5-3-2-4-13(17)15-9-16(23-22-15)18(24)20-12-7-6-11-10-19-21-14(11)8-12/h2-10H,1H3,(H,19,21)(H,20,24)(H,22,23). The average Bonchev–Trinajstić information content (AvgIpc) is 3.30. The molecule has 0 saturated carbocycles. The Morgan fingerprint density at radius 3 is 2.88 bits per heavy atom. The normalized spacial score (nSPS) is 10.8. The second kappa shape index (κ2) is 6.12. The second-order valence-electron chi connectivity index (χ2n) is 5.49. The fraction of sp³-hybridized carbons (Fsp3) is 0.0556. The number of nitrogens with one attached hydrogen (secondary N) is 3. The summed E-state index contributed by atoms with van der Waals surface area (Å²) in [6, 6.07) is 14.8. The van der Waals surface area contributed by atoms with Gasteiger partial charge in [0.2, 0.25) is 0 Å². The van der Waals surface area contributed by atoms with Crippen LogP contribution in [0, 0.1) is 0 Å². The molecule has 0 aliphatic rings. The topological polar surface area (TPSA) is 95.7 Å². The molecule has 0 saturated heterocycles. The summed E-state index contributed by atoms with van der Waals surface area (Å²) in [5, 5.41) is 17.7. The SMILES string of the molecule is COc1ccccc1-c1cc(C(=O)Nc2ccc3cn[nH]c3c2)[nH]n1. The lowest BCUT2D eigenvalue weighted by Gasteiger charge is -2.04. The predicted octanol–water partition coefficient (Wildman–Crippen LogP) is 3.21. The van der Waals surface area contributed by atoms with Crippen LogP contribution in [0.3, 0.4) is 0 Å². The number of fused-ring (bicyclic) bond motifs is 1. The second-order valence-corrected chi connectivity index (χ2v) is 5.49. The molecule has 2 aromatic carbocycles. The van der Waals surface area contributed by atoms with Crippen LogP contribution in [0.4, 0.5) is 5.69 Å². The number of benzene rings is 2. The van der Waals surface area contributed by atoms with E-state index >= 15 is 0 Å². The van der Waals surface area contributed by atoms with Crippen LogP contribution in [-0.2, 0) is 0 Å². The lowest BCUT2D eigenvalue weighted by atomic mass is 10.1. The highest BCUT2D eigenvalue weighted by Crippen LogP contribution is 2.28. The van der Waals surface area contributed by atoms with Crippen molar-refractivity contribution in [1.29, 1.82) is 0 Å². The Morgan fingerprint density at radius 1 is 1.12 bits per heavy atom. The molecule has 0 aliphatic carbocycles. The first-order valence-electron chi connectivity index (χ1n) is 7.68. The molecular formula is C18H15N5O2. The zero-order valence-corrected chi connectivity index (χ0v) is 13.4. The van der Waals surface area contributed by atoms with Crippen molar-refractivity contribution in [2.24, 2.45) is 0 Å². The average molecular weight is 333 g/mol. The first-order chi connectivity index (χ1) is 12.2. The Kier molecular flexibility index (Phi) is 3.66. The third-order valence-electron chi connectivity index (χ3n) is 3.91. The number of aromatic nitrogens is 4. The minimum atomic E-state index is -0.271. The van der Waals surface area contributed by atoms with E-state index in [2.05, 4.69) is 25.7 Å². The number of hydrogen-bond acceptors (Lipinski definition) is 4. The number of amides is 1. The molecule has 0 aliphatic heterocycles. The van der Waals surface area contributed by atoms with E-state index in [9.17, 15) is 4.79 Å². The number of anilines is 1. The van der Waals surface area contributed by atoms with Crippen LogP contribution in [0.25, 0.3) is 22.2 Å². The third-order valence-corrected chi connectivity index (χ3v) is 3.91. The molecular weight excluding hydrogens is 318 g/mol. The molecule has 4 rings (SSSR count). The number of H-pyrrole nitrogens is 2. The highest BCUT2D eigenvalue weighted by molar-refractivity contribution is 6.04. The summed E-state index contributed by atoms with van der Waals surface area (Å²) >= 11 is 0. The monoisotopic (exact) mass is 333 g/mol. The van der Waals surface area contributed by atoms with Gasteiger partial charge in [-0.05, 0) is 36.4 Å². The lowest BCUT2D eigenvalue weighted by molar-refractivity contribution is 0.102. The Labute approximate surface area is 143 Å². The van der Waals surface area contributed by atoms with Gasteiger partial charge >= 0.3 is 0 Å². The van der Waals surface area contributed by atoms with Gasteiger partial charge in [0.05, 0.1) is 24.5 Å². The molecule has 2 aromatic heterocycles. The van der Waals surface area contributed by atoms with Gasteiger partial charge in [-0.3, -0.25) is 15.0 Å². The van der Waals surface area contributed by atoms with Crippen LogP contribution in [0.2, 0.25) is 0 Å². The van der Waals surface area contributed by atoms with E-state index in [1.165, 1.54) is 0 Å². The lowest BCUT2D eigenvalue weighted by Crippen LogP contribution is -2.12. The number of methoxy groups -OCH3 is 1. The highest BCUT2D eigenvalue weighted by Gasteiger charge is 2.14. The van der Waals surface area contributed by atoms with Crippen molar-refractivity contribution < 1.29 is 9.53 Å². The number of rotatable bonds is 4. The van der Waals surface area contributed by atoms with Gasteiger partial charge in [-0.25, -0.2) is 0 Å². The Hall–Kier alpha value is -3.61. The van der Waals surface area contributed by atoms with E-state index < -0.39 is 0 Å². The summed E-state index contributed by atoms with van der Waals surface area (Å²) in [5.74, 6) is 0.429. The van der Waals surface area contributed by atoms with Gasteiger partial charge in [-0.1, -0.05) is 12.1 Å². The van der Waals surface area contributed by atoms with Crippen LogP contribution < -0.4 is 10.1 Å². The number of ether oxygens (including phenoxy) is 1. The van der Waals surface area contributed by atoms with Gasteiger partial charge in [0.1, 0.15) is 11.4 Å². The maximum Gasteiger partial charge on any atom is 0.273 e. The molecule has 0 spiro atoms. The molecule has 0 radical (unpaired) electrons. The molecule has 0 bridgehead atoms. The van der Waals surface area contributed by atoms with Crippen molar-refractivity contribution >= 4 is 22.5 Å². The van der Waals surface area contributed by atoms with Crippen LogP contribution in [0.15, 0.2) is 54.7 Å². The van der Waals surface area contributed by atoms with Crippen molar-refractivity contribution in [3.63, 3.8) is 0 Å². The fourth-order valence-corrected chi connectivity index (χ4v) is 2.65. The van der Waals surface area contributed by atoms with E-state index in [0.717, 1.165) is 16.5 Å². The summed E-state index contributed by atoms with van der Waals surface area (Å²) in [5.41, 5.74) is 3.36. The maximum atomic E-state index is 12.4. The van der Waals surface area contributed by atoms with Gasteiger partial charge in [0.15, 0.2) is 0 Å². The number of carbonyl (C=O) groups excluding carboxylic acids is 1. The molecule has 7 heteroatoms. The van der Waals surface area contributed by atoms with Crippen molar-refractivity contribution in [3.05, 3.63) is 60.4 Å². The number of para-hydroxylation sites is 1. The minimum Gasteiger partial charge on any atom is -0.496 e. The molecule has 0 unspecified atom stereocenters. The minimum absolute atomic E-state index is 0.271. The number of aromatic amines is 2. The molecule has 1 amide bonds. The van der Waals surface area contributed by atoms with E-state index in [1.54, 1.807) is 19.4 Å². The molecule has 7 nitrogen and oxygen atoms in total. The number of carbonyl (C=O) groups is 1. The van der Waals surface area contributed by atoms with E-state index in [1.807, 2.05) is 42.5 Å². The molecule has 3 N–H and O–H groups in total. The van der Waals surface area contributed by atoms with Crippen molar-refractivity contribution in [2.45, 2.75) is 0 Å². The van der Waals surface area contributed by atoms with Crippen LogP contribution >= 0.6 is 0 Å². The van der Waals surface area contributed by atoms with E-state index in [-0.39, 0.29) is 5.91 Å². The Morgan fingerprint density at radius 2 is 2.00 bits per heavy atom. The summed E-state index contributed by atoms with van der Waals surface area (Å²) in [4.78, 5) is 12.4. The smallest absolute Gasteiger partial charge is 0.273 e. The first kappa shape index (κ1) is 14.9. The quantitative estimate of drug-likeness (QED) is 0.534. The van der Waals surface area contributed by atoms with Gasteiger partial charge < -0.3 is 10.1 Å². The largest absolute Gasteiger partial charge is 0.496 e. The van der Waals surface area contributed by atoms with Crippen LogP contribution in [0.5, 0.6) is 5.75 Å². The highest BCUT2D eigenvalue weighted by atomic mass is 16.5. The maximum absolute atomic E-state index is 12.4. The molecule has 25 heavy (non-hydrogen) atoms. The summed E-state index contributed by atoms with van der Waals surface area (Å²) in [6.45, 7) is 0. The molecule has 0 atom stereocenters. The molecule has 124 valence electrons. The molecule has 4 aromatic rings. The van der Waals surface area contributed by atoms with Crippen LogP contribution in [-0.4, -0.2) is 33.4 Å². The first-order valence-corrected chi connectivity index (χ1v) is 7.68. The van der Waals surface area contributed by atoms with E-state index in [0.29, 0.717) is 22.8 Å². The van der Waals surface area contributed by atoms with E-state index in [4.69, 9.17) is 4.74 Å². The number of hydrogen-bond donors (Lipinski definition) is 3. The Bertz CT molecular complexity index is 1050. The fourth-order valence-electron chi connectivity index (χ4n) is 2.65. The van der Waals surface area contributed by atoms with Gasteiger partial charge in [-0.2, -0.15) is 10.2 Å². The predicted molar refractivity (Wildman–Crippen MR) is 94.6 cm³/mol.